The summed E-state index contributed by atoms with van der Waals surface area (Å²) < 4.78 is 16.3. The number of aliphatic hydroxyl groups excluding tert-OH is 1. The van der Waals surface area contributed by atoms with Gasteiger partial charge in [-0.3, -0.25) is 0 Å². The van der Waals surface area contributed by atoms with E-state index in [2.05, 4.69) is 0 Å². The molecule has 0 aromatic rings. The second kappa shape index (κ2) is 2.90. The number of hydrogen-bond donors (Lipinski definition) is 2. The van der Waals surface area contributed by atoms with Crippen molar-refractivity contribution in [2.75, 3.05) is 6.61 Å². The fraction of sp³-hybridized carbons (Fsp3) is 1.00. The SMILES string of the molecule is CC1(C)O[C@H]2O[C@H](CO)[C@H](N)[C@H]2O1. The molecule has 2 fully saturated rings. The van der Waals surface area contributed by atoms with E-state index in [1.807, 2.05) is 13.8 Å². The van der Waals surface area contributed by atoms with Gasteiger partial charge in [0.2, 0.25) is 0 Å². The van der Waals surface area contributed by atoms with Crippen molar-refractivity contribution in [2.24, 2.45) is 5.73 Å². The first kappa shape index (κ1) is 9.36. The molecule has 2 heterocycles. The van der Waals surface area contributed by atoms with Gasteiger partial charge < -0.3 is 25.1 Å². The first-order valence-corrected chi connectivity index (χ1v) is 4.41. The quantitative estimate of drug-likeness (QED) is 0.564. The number of aliphatic hydroxyl groups is 1. The number of fused-ring (bicyclic) bond motifs is 1. The third kappa shape index (κ3) is 1.47. The molecule has 5 nitrogen and oxygen atoms in total. The van der Waals surface area contributed by atoms with E-state index in [1.165, 1.54) is 0 Å². The summed E-state index contributed by atoms with van der Waals surface area (Å²) in [5, 5.41) is 8.91. The highest BCUT2D eigenvalue weighted by atomic mass is 16.8. The minimum atomic E-state index is -0.632. The molecule has 0 radical (unpaired) electrons. The van der Waals surface area contributed by atoms with E-state index in [1.54, 1.807) is 0 Å². The Kier molecular flexibility index (Phi) is 2.08. The Bertz CT molecular complexity index is 208. The smallest absolute Gasteiger partial charge is 0.189 e. The third-order valence-electron chi connectivity index (χ3n) is 2.39. The standard InChI is InChI=1S/C8H15NO4/c1-8(2)12-6-5(9)4(3-10)11-7(6)13-8/h4-7,10H,3,9H2,1-2H3/t4-,5+,6-,7-/m1/s1. The fourth-order valence-corrected chi connectivity index (χ4v) is 1.76. The lowest BCUT2D eigenvalue weighted by molar-refractivity contribution is -0.209. The summed E-state index contributed by atoms with van der Waals surface area (Å²) in [6.07, 6.45) is -1.06. The molecule has 0 spiro atoms. The Hall–Kier alpha value is -0.200. The topological polar surface area (TPSA) is 73.9 Å². The largest absolute Gasteiger partial charge is 0.394 e. The van der Waals surface area contributed by atoms with Gasteiger partial charge in [0.25, 0.3) is 0 Å². The molecular formula is C8H15NO4. The van der Waals surface area contributed by atoms with Gasteiger partial charge in [0.1, 0.15) is 12.2 Å². The number of ether oxygens (including phenoxy) is 3. The van der Waals surface area contributed by atoms with Gasteiger partial charge in [-0.05, 0) is 13.8 Å². The molecule has 2 rings (SSSR count). The number of rotatable bonds is 1. The third-order valence-corrected chi connectivity index (χ3v) is 2.39. The van der Waals surface area contributed by atoms with Crippen molar-refractivity contribution < 1.29 is 19.3 Å². The molecule has 0 saturated carbocycles. The van der Waals surface area contributed by atoms with Crippen molar-refractivity contribution in [3.63, 3.8) is 0 Å². The lowest BCUT2D eigenvalue weighted by Gasteiger charge is -2.22. The summed E-state index contributed by atoms with van der Waals surface area (Å²) in [6, 6.07) is -0.309. The molecule has 0 unspecified atom stereocenters. The van der Waals surface area contributed by atoms with Crippen LogP contribution in [0.5, 0.6) is 0 Å². The Labute approximate surface area is 76.8 Å². The van der Waals surface area contributed by atoms with Crippen LogP contribution in [0.3, 0.4) is 0 Å². The van der Waals surface area contributed by atoms with Crippen molar-refractivity contribution in [3.05, 3.63) is 0 Å². The van der Waals surface area contributed by atoms with E-state index in [0.717, 1.165) is 0 Å². The maximum atomic E-state index is 8.91. The first-order valence-electron chi connectivity index (χ1n) is 4.41. The maximum Gasteiger partial charge on any atom is 0.189 e. The Morgan fingerprint density at radius 1 is 1.38 bits per heavy atom. The Morgan fingerprint density at radius 3 is 2.62 bits per heavy atom. The summed E-state index contributed by atoms with van der Waals surface area (Å²) >= 11 is 0. The van der Waals surface area contributed by atoms with E-state index in [0.29, 0.717) is 0 Å². The summed E-state index contributed by atoms with van der Waals surface area (Å²) in [5.74, 6) is -0.632. The highest BCUT2D eigenvalue weighted by molar-refractivity contribution is 4.95. The van der Waals surface area contributed by atoms with E-state index in [4.69, 9.17) is 25.1 Å². The van der Waals surface area contributed by atoms with Crippen LogP contribution < -0.4 is 5.73 Å². The molecule has 0 aromatic carbocycles. The van der Waals surface area contributed by atoms with Crippen LogP contribution in [0.4, 0.5) is 0 Å². The molecule has 0 amide bonds. The van der Waals surface area contributed by atoms with E-state index < -0.39 is 12.1 Å². The molecule has 13 heavy (non-hydrogen) atoms. The summed E-state index contributed by atoms with van der Waals surface area (Å²) in [7, 11) is 0. The maximum absolute atomic E-state index is 8.91. The van der Waals surface area contributed by atoms with Gasteiger partial charge in [0.05, 0.1) is 12.6 Å². The summed E-state index contributed by atoms with van der Waals surface area (Å²) in [5.41, 5.74) is 5.81. The normalized spacial score (nSPS) is 48.0. The molecule has 3 N–H and O–H groups in total. The van der Waals surface area contributed by atoms with E-state index in [9.17, 15) is 0 Å². The van der Waals surface area contributed by atoms with Gasteiger partial charge in [-0.2, -0.15) is 0 Å². The highest BCUT2D eigenvalue weighted by Gasteiger charge is 2.53. The van der Waals surface area contributed by atoms with Crippen molar-refractivity contribution in [1.29, 1.82) is 0 Å². The molecule has 2 aliphatic heterocycles. The molecule has 0 aromatic heterocycles. The zero-order chi connectivity index (χ0) is 9.64. The van der Waals surface area contributed by atoms with Crippen LogP contribution in [0, 0.1) is 0 Å². The summed E-state index contributed by atoms with van der Waals surface area (Å²) in [4.78, 5) is 0. The van der Waals surface area contributed by atoms with Crippen LogP contribution >= 0.6 is 0 Å². The van der Waals surface area contributed by atoms with Gasteiger partial charge in [0.15, 0.2) is 12.1 Å². The Balaban J connectivity index is 2.07. The minimum absolute atomic E-state index is 0.0959. The van der Waals surface area contributed by atoms with Crippen molar-refractivity contribution in [3.8, 4) is 0 Å². The van der Waals surface area contributed by atoms with Crippen LogP contribution in [0.1, 0.15) is 13.8 Å². The molecule has 2 saturated heterocycles. The number of nitrogens with two attached hydrogens (primary N) is 1. The highest BCUT2D eigenvalue weighted by Crippen LogP contribution is 2.36. The lowest BCUT2D eigenvalue weighted by atomic mass is 10.1. The van der Waals surface area contributed by atoms with Gasteiger partial charge in [-0.25, -0.2) is 0 Å². The van der Waals surface area contributed by atoms with E-state index >= 15 is 0 Å². The second-order valence-electron chi connectivity index (χ2n) is 3.90. The van der Waals surface area contributed by atoms with Crippen LogP contribution in [0.25, 0.3) is 0 Å². The number of hydrogen-bond acceptors (Lipinski definition) is 5. The molecule has 2 aliphatic rings. The van der Waals surface area contributed by atoms with E-state index in [-0.39, 0.29) is 24.9 Å². The molecular weight excluding hydrogens is 174 g/mol. The average Bonchev–Trinajstić information content (AvgIpc) is 2.47. The van der Waals surface area contributed by atoms with Crippen molar-refractivity contribution in [1.82, 2.24) is 0 Å². The minimum Gasteiger partial charge on any atom is -0.394 e. The van der Waals surface area contributed by atoms with Gasteiger partial charge in [-0.15, -0.1) is 0 Å². The monoisotopic (exact) mass is 189 g/mol. The van der Waals surface area contributed by atoms with Gasteiger partial charge in [-0.1, -0.05) is 0 Å². The predicted octanol–water partition coefficient (Wildman–Crippen LogP) is -0.818. The molecule has 5 heteroatoms. The molecule has 0 bridgehead atoms. The first-order chi connectivity index (χ1) is 6.03. The zero-order valence-corrected chi connectivity index (χ0v) is 7.77. The fourth-order valence-electron chi connectivity index (χ4n) is 1.76. The molecule has 76 valence electrons. The zero-order valence-electron chi connectivity index (χ0n) is 7.77. The van der Waals surface area contributed by atoms with Gasteiger partial charge in [0, 0.05) is 0 Å². The Morgan fingerprint density at radius 2 is 2.08 bits per heavy atom. The van der Waals surface area contributed by atoms with Crippen LogP contribution in [-0.4, -0.2) is 42.0 Å². The molecule has 4 atom stereocenters. The van der Waals surface area contributed by atoms with Crippen LogP contribution in [0.15, 0.2) is 0 Å². The average molecular weight is 189 g/mol. The molecule has 0 aliphatic carbocycles. The van der Waals surface area contributed by atoms with Crippen LogP contribution in [0.2, 0.25) is 0 Å². The summed E-state index contributed by atoms with van der Waals surface area (Å²) in [6.45, 7) is 3.53. The van der Waals surface area contributed by atoms with Crippen LogP contribution in [-0.2, 0) is 14.2 Å². The lowest BCUT2D eigenvalue weighted by Crippen LogP contribution is -2.42. The second-order valence-corrected chi connectivity index (χ2v) is 3.90. The predicted molar refractivity (Wildman–Crippen MR) is 43.8 cm³/mol. The van der Waals surface area contributed by atoms with Crippen molar-refractivity contribution in [2.45, 2.75) is 44.2 Å². The van der Waals surface area contributed by atoms with Crippen molar-refractivity contribution >= 4 is 0 Å². The van der Waals surface area contributed by atoms with Gasteiger partial charge >= 0.3 is 0 Å².